The van der Waals surface area contributed by atoms with Crippen molar-refractivity contribution in [2.45, 2.75) is 6.10 Å². The summed E-state index contributed by atoms with van der Waals surface area (Å²) in [6.07, 6.45) is -0.694. The van der Waals surface area contributed by atoms with Gasteiger partial charge in [0.25, 0.3) is 5.91 Å². The summed E-state index contributed by atoms with van der Waals surface area (Å²) < 4.78 is 4.92. The molecule has 4 heteroatoms. The van der Waals surface area contributed by atoms with Gasteiger partial charge in [0.15, 0.2) is 6.10 Å². The molecule has 0 bridgehead atoms. The number of hydrogen-bond donors (Lipinski definition) is 2. The minimum absolute atomic E-state index is 0.507. The monoisotopic (exact) mass is 180 g/mol. The van der Waals surface area contributed by atoms with Crippen LogP contribution in [-0.4, -0.2) is 13.0 Å². The number of methoxy groups -OCH3 is 1. The van der Waals surface area contributed by atoms with Gasteiger partial charge in [-0.1, -0.05) is 12.1 Å². The van der Waals surface area contributed by atoms with E-state index in [1.165, 1.54) is 7.11 Å². The Balaban J connectivity index is 2.92. The van der Waals surface area contributed by atoms with Crippen LogP contribution in [0.3, 0.4) is 0 Å². The first-order valence-corrected chi connectivity index (χ1v) is 3.82. The van der Waals surface area contributed by atoms with Gasteiger partial charge in [-0.25, -0.2) is 0 Å². The minimum atomic E-state index is -0.694. The van der Waals surface area contributed by atoms with Crippen LogP contribution in [0.2, 0.25) is 0 Å². The average Bonchev–Trinajstić information content (AvgIpc) is 2.09. The maximum Gasteiger partial charge on any atom is 0.251 e. The average molecular weight is 180 g/mol. The quantitative estimate of drug-likeness (QED) is 0.662. The Labute approximate surface area is 76.5 Å². The standard InChI is InChI=1S/C9H12N2O2/c1-13-8(9(11)12)6-2-4-7(10)5-3-6/h2-5,8H,10H2,1H3,(H2,11,12). The molecule has 0 heterocycles. The number of ether oxygens (including phenoxy) is 1. The molecule has 0 radical (unpaired) electrons. The van der Waals surface area contributed by atoms with E-state index in [1.807, 2.05) is 0 Å². The maximum atomic E-state index is 10.9. The van der Waals surface area contributed by atoms with Crippen LogP contribution >= 0.6 is 0 Å². The van der Waals surface area contributed by atoms with Gasteiger partial charge in [-0.2, -0.15) is 0 Å². The first-order chi connectivity index (χ1) is 6.15. The molecular weight excluding hydrogens is 168 g/mol. The van der Waals surface area contributed by atoms with E-state index in [0.29, 0.717) is 11.3 Å². The first-order valence-electron chi connectivity index (χ1n) is 3.82. The van der Waals surface area contributed by atoms with E-state index < -0.39 is 12.0 Å². The van der Waals surface area contributed by atoms with Crippen molar-refractivity contribution >= 4 is 11.6 Å². The van der Waals surface area contributed by atoms with Crippen LogP contribution in [0.25, 0.3) is 0 Å². The van der Waals surface area contributed by atoms with Gasteiger partial charge in [-0.3, -0.25) is 4.79 Å². The molecule has 4 N–H and O–H groups in total. The van der Waals surface area contributed by atoms with Gasteiger partial charge in [0, 0.05) is 12.8 Å². The Morgan fingerprint density at radius 3 is 2.31 bits per heavy atom. The lowest BCUT2D eigenvalue weighted by molar-refractivity contribution is -0.128. The zero-order chi connectivity index (χ0) is 9.84. The molecule has 0 saturated carbocycles. The summed E-state index contributed by atoms with van der Waals surface area (Å²) in [6, 6.07) is 6.83. The van der Waals surface area contributed by atoms with Gasteiger partial charge < -0.3 is 16.2 Å². The Kier molecular flexibility index (Phi) is 2.87. The second-order valence-electron chi connectivity index (χ2n) is 2.68. The van der Waals surface area contributed by atoms with Crippen molar-refractivity contribution in [1.29, 1.82) is 0 Å². The SMILES string of the molecule is COC(C(N)=O)c1ccc(N)cc1. The highest BCUT2D eigenvalue weighted by molar-refractivity contribution is 5.80. The number of amides is 1. The number of benzene rings is 1. The molecule has 0 aliphatic heterocycles. The normalized spacial score (nSPS) is 12.4. The van der Waals surface area contributed by atoms with Crippen LogP contribution in [0, 0.1) is 0 Å². The number of nitrogens with two attached hydrogens (primary N) is 2. The summed E-state index contributed by atoms with van der Waals surface area (Å²) in [5.74, 6) is -0.507. The number of anilines is 1. The van der Waals surface area contributed by atoms with Crippen LogP contribution in [0.1, 0.15) is 11.7 Å². The third-order valence-electron chi connectivity index (χ3n) is 1.73. The molecule has 4 nitrogen and oxygen atoms in total. The van der Waals surface area contributed by atoms with Crippen molar-refractivity contribution in [3.8, 4) is 0 Å². The van der Waals surface area contributed by atoms with E-state index in [0.717, 1.165) is 0 Å². The number of carbonyl (C=O) groups excluding carboxylic acids is 1. The minimum Gasteiger partial charge on any atom is -0.399 e. The summed E-state index contributed by atoms with van der Waals surface area (Å²) in [4.78, 5) is 10.9. The zero-order valence-electron chi connectivity index (χ0n) is 7.36. The molecule has 0 fully saturated rings. The fraction of sp³-hybridized carbons (Fsp3) is 0.222. The van der Waals surface area contributed by atoms with Gasteiger partial charge in [0.05, 0.1) is 0 Å². The van der Waals surface area contributed by atoms with E-state index in [1.54, 1.807) is 24.3 Å². The first kappa shape index (κ1) is 9.54. The Morgan fingerprint density at radius 1 is 1.38 bits per heavy atom. The molecule has 1 aromatic carbocycles. The smallest absolute Gasteiger partial charge is 0.251 e. The third kappa shape index (κ3) is 2.19. The highest BCUT2D eigenvalue weighted by Crippen LogP contribution is 2.17. The van der Waals surface area contributed by atoms with Crippen LogP contribution in [0.5, 0.6) is 0 Å². The van der Waals surface area contributed by atoms with Crippen molar-refractivity contribution < 1.29 is 9.53 Å². The lowest BCUT2D eigenvalue weighted by atomic mass is 10.1. The zero-order valence-corrected chi connectivity index (χ0v) is 7.36. The van der Waals surface area contributed by atoms with Gasteiger partial charge >= 0.3 is 0 Å². The van der Waals surface area contributed by atoms with Gasteiger partial charge in [-0.15, -0.1) is 0 Å². The third-order valence-corrected chi connectivity index (χ3v) is 1.73. The molecule has 1 rings (SSSR count). The summed E-state index contributed by atoms with van der Waals surface area (Å²) in [6.45, 7) is 0. The molecule has 0 spiro atoms. The van der Waals surface area contributed by atoms with Crippen molar-refractivity contribution in [2.75, 3.05) is 12.8 Å². The second kappa shape index (κ2) is 3.91. The predicted molar refractivity (Wildman–Crippen MR) is 49.8 cm³/mol. The molecule has 13 heavy (non-hydrogen) atoms. The van der Waals surface area contributed by atoms with E-state index in [2.05, 4.69) is 0 Å². The lowest BCUT2D eigenvalue weighted by Crippen LogP contribution is -2.22. The molecule has 1 atom stereocenters. The molecule has 1 aromatic rings. The molecule has 0 aliphatic rings. The maximum absolute atomic E-state index is 10.9. The number of hydrogen-bond acceptors (Lipinski definition) is 3. The van der Waals surface area contributed by atoms with Gasteiger partial charge in [0.1, 0.15) is 0 Å². The molecule has 0 saturated heterocycles. The van der Waals surface area contributed by atoms with Crippen molar-refractivity contribution in [1.82, 2.24) is 0 Å². The van der Waals surface area contributed by atoms with Crippen LogP contribution in [0.4, 0.5) is 5.69 Å². The van der Waals surface area contributed by atoms with E-state index >= 15 is 0 Å². The highest BCUT2D eigenvalue weighted by Gasteiger charge is 2.15. The Bertz CT molecular complexity index is 295. The van der Waals surface area contributed by atoms with Crippen molar-refractivity contribution in [3.63, 3.8) is 0 Å². The van der Waals surface area contributed by atoms with Gasteiger partial charge in [-0.05, 0) is 17.7 Å². The van der Waals surface area contributed by atoms with Crippen molar-refractivity contribution in [2.24, 2.45) is 5.73 Å². The number of nitrogen functional groups attached to an aromatic ring is 1. The van der Waals surface area contributed by atoms with Crippen LogP contribution in [0.15, 0.2) is 24.3 Å². The van der Waals surface area contributed by atoms with E-state index in [9.17, 15) is 4.79 Å². The number of primary amides is 1. The number of rotatable bonds is 3. The summed E-state index contributed by atoms with van der Waals surface area (Å²) in [7, 11) is 1.44. The molecule has 0 aliphatic carbocycles. The van der Waals surface area contributed by atoms with Crippen molar-refractivity contribution in [3.05, 3.63) is 29.8 Å². The van der Waals surface area contributed by atoms with E-state index in [4.69, 9.17) is 16.2 Å². The predicted octanol–water partition coefficient (Wildman–Crippen LogP) is 0.442. The molecule has 70 valence electrons. The lowest BCUT2D eigenvalue weighted by Gasteiger charge is -2.11. The Morgan fingerprint density at radius 2 is 1.92 bits per heavy atom. The molecule has 1 amide bonds. The highest BCUT2D eigenvalue weighted by atomic mass is 16.5. The molecular formula is C9H12N2O2. The second-order valence-corrected chi connectivity index (χ2v) is 2.68. The largest absolute Gasteiger partial charge is 0.399 e. The van der Waals surface area contributed by atoms with Crippen LogP contribution in [-0.2, 0) is 9.53 Å². The fourth-order valence-electron chi connectivity index (χ4n) is 1.09. The summed E-state index contributed by atoms with van der Waals surface area (Å²) >= 11 is 0. The topological polar surface area (TPSA) is 78.3 Å². The number of carbonyl (C=O) groups is 1. The Hall–Kier alpha value is -1.55. The van der Waals surface area contributed by atoms with E-state index in [-0.39, 0.29) is 0 Å². The van der Waals surface area contributed by atoms with Crippen LogP contribution < -0.4 is 11.5 Å². The molecule has 1 unspecified atom stereocenters. The summed E-state index contributed by atoms with van der Waals surface area (Å²) in [5.41, 5.74) is 12.0. The van der Waals surface area contributed by atoms with Gasteiger partial charge in [0.2, 0.25) is 0 Å². The summed E-state index contributed by atoms with van der Waals surface area (Å²) in [5, 5.41) is 0. The molecule has 0 aromatic heterocycles. The fourth-order valence-corrected chi connectivity index (χ4v) is 1.09.